The highest BCUT2D eigenvalue weighted by atomic mass is 16.3. The lowest BCUT2D eigenvalue weighted by molar-refractivity contribution is -0.119. The number of hydrogen-bond donors (Lipinski definition) is 3. The lowest BCUT2D eigenvalue weighted by Crippen LogP contribution is -2.49. The third-order valence-corrected chi connectivity index (χ3v) is 5.76. The predicted octanol–water partition coefficient (Wildman–Crippen LogP) is 1.94. The number of fused-ring (bicyclic) bond motifs is 1. The van der Waals surface area contributed by atoms with Crippen molar-refractivity contribution in [2.75, 3.05) is 0 Å². The van der Waals surface area contributed by atoms with Gasteiger partial charge < -0.3 is 15.3 Å². The average molecular weight is 256 g/mol. The van der Waals surface area contributed by atoms with Gasteiger partial charge in [0.1, 0.15) is 0 Å². The molecule has 0 bridgehead atoms. The van der Waals surface area contributed by atoms with Crippen molar-refractivity contribution in [3.63, 3.8) is 0 Å². The zero-order valence-corrected chi connectivity index (χ0v) is 12.1. The summed E-state index contributed by atoms with van der Waals surface area (Å²) in [6, 6.07) is 0. The molecule has 0 radical (unpaired) electrons. The van der Waals surface area contributed by atoms with Gasteiger partial charge in [0.2, 0.25) is 0 Å². The van der Waals surface area contributed by atoms with E-state index in [-0.39, 0.29) is 11.3 Å². The van der Waals surface area contributed by atoms with Gasteiger partial charge in [0.05, 0.1) is 17.8 Å². The third-order valence-electron chi connectivity index (χ3n) is 5.76. The van der Waals surface area contributed by atoms with E-state index in [2.05, 4.69) is 20.8 Å². The van der Waals surface area contributed by atoms with E-state index in [1.54, 1.807) is 6.92 Å². The summed E-state index contributed by atoms with van der Waals surface area (Å²) in [4.78, 5) is 0. The summed E-state index contributed by atoms with van der Waals surface area (Å²) < 4.78 is 0. The Hall–Kier alpha value is -0.120. The fourth-order valence-corrected chi connectivity index (χ4v) is 4.34. The Balaban J connectivity index is 2.40. The summed E-state index contributed by atoms with van der Waals surface area (Å²) in [5, 5.41) is 31.5. The lowest BCUT2D eigenvalue weighted by atomic mass is 9.67. The highest BCUT2D eigenvalue weighted by Gasteiger charge is 2.58. The van der Waals surface area contributed by atoms with Crippen molar-refractivity contribution in [3.05, 3.63) is 0 Å². The van der Waals surface area contributed by atoms with Crippen molar-refractivity contribution in [2.24, 2.45) is 23.2 Å². The van der Waals surface area contributed by atoms with Crippen LogP contribution < -0.4 is 0 Å². The molecule has 0 aromatic heterocycles. The molecule has 2 aliphatic carbocycles. The molecular weight excluding hydrogens is 228 g/mol. The van der Waals surface area contributed by atoms with E-state index in [4.69, 9.17) is 0 Å². The maximum Gasteiger partial charge on any atom is 0.0881 e. The van der Waals surface area contributed by atoms with Gasteiger partial charge in [0, 0.05) is 0 Å². The first-order chi connectivity index (χ1) is 8.20. The van der Waals surface area contributed by atoms with Crippen molar-refractivity contribution in [1.82, 2.24) is 0 Å². The second-order valence-electron chi connectivity index (χ2n) is 7.33. The molecule has 0 unspecified atom stereocenters. The third kappa shape index (κ3) is 2.00. The molecule has 2 aliphatic rings. The molecule has 0 amide bonds. The zero-order valence-electron chi connectivity index (χ0n) is 12.1. The van der Waals surface area contributed by atoms with E-state index in [1.807, 2.05) is 0 Å². The van der Waals surface area contributed by atoms with Crippen molar-refractivity contribution < 1.29 is 15.3 Å². The van der Waals surface area contributed by atoms with Gasteiger partial charge >= 0.3 is 0 Å². The molecule has 0 saturated heterocycles. The minimum absolute atomic E-state index is 0.00463. The molecule has 0 spiro atoms. The van der Waals surface area contributed by atoms with E-state index >= 15 is 0 Å². The largest absolute Gasteiger partial charge is 0.393 e. The molecule has 0 aliphatic heterocycles. The van der Waals surface area contributed by atoms with Crippen LogP contribution in [-0.2, 0) is 0 Å². The molecule has 3 heteroatoms. The van der Waals surface area contributed by atoms with Gasteiger partial charge in [-0.15, -0.1) is 0 Å². The van der Waals surface area contributed by atoms with Gasteiger partial charge in [-0.05, 0) is 55.8 Å². The number of hydrogen-bond acceptors (Lipinski definition) is 3. The second-order valence-corrected chi connectivity index (χ2v) is 7.33. The summed E-state index contributed by atoms with van der Waals surface area (Å²) in [6.45, 7) is 8.16. The highest BCUT2D eigenvalue weighted by molar-refractivity contribution is 5.07. The summed E-state index contributed by atoms with van der Waals surface area (Å²) in [5.41, 5.74) is -1.31. The average Bonchev–Trinajstić information content (AvgIpc) is 2.61. The minimum Gasteiger partial charge on any atom is -0.393 e. The minimum atomic E-state index is -1.07. The molecular formula is C15H28O3. The molecule has 3 nitrogen and oxygen atoms in total. The Bertz CT molecular complexity index is 313. The normalized spacial score (nSPS) is 53.3. The summed E-state index contributed by atoms with van der Waals surface area (Å²) in [7, 11) is 0. The Morgan fingerprint density at radius 1 is 1.06 bits per heavy atom. The fourth-order valence-electron chi connectivity index (χ4n) is 4.34. The summed E-state index contributed by atoms with van der Waals surface area (Å²) in [6.07, 6.45) is 1.93. The predicted molar refractivity (Wildman–Crippen MR) is 71.0 cm³/mol. The van der Waals surface area contributed by atoms with Gasteiger partial charge in [0.25, 0.3) is 0 Å². The Morgan fingerprint density at radius 2 is 1.67 bits per heavy atom. The van der Waals surface area contributed by atoms with Crippen LogP contribution in [0.4, 0.5) is 0 Å². The van der Waals surface area contributed by atoms with Crippen LogP contribution >= 0.6 is 0 Å². The first-order valence-electron chi connectivity index (χ1n) is 7.28. The summed E-state index contributed by atoms with van der Waals surface area (Å²) >= 11 is 0. The molecule has 106 valence electrons. The van der Waals surface area contributed by atoms with Gasteiger partial charge in [-0.1, -0.05) is 20.8 Å². The molecule has 0 heterocycles. The van der Waals surface area contributed by atoms with Crippen LogP contribution in [0, 0.1) is 23.2 Å². The summed E-state index contributed by atoms with van der Waals surface area (Å²) in [5.74, 6) is 0.877. The van der Waals surface area contributed by atoms with Crippen LogP contribution in [0.2, 0.25) is 0 Å². The number of aliphatic hydroxyl groups excluding tert-OH is 2. The SMILES string of the molecule is CC(C)[C@@H]1CC[C@]2(C)[C@H]1[C@@H](O)[C@@](C)(O)CC[C@H]2O. The monoisotopic (exact) mass is 256 g/mol. The molecule has 18 heavy (non-hydrogen) atoms. The van der Waals surface area contributed by atoms with E-state index < -0.39 is 17.8 Å². The van der Waals surface area contributed by atoms with Crippen LogP contribution in [-0.4, -0.2) is 33.1 Å². The van der Waals surface area contributed by atoms with E-state index in [0.29, 0.717) is 24.7 Å². The van der Waals surface area contributed by atoms with Gasteiger partial charge in [-0.25, -0.2) is 0 Å². The van der Waals surface area contributed by atoms with Crippen LogP contribution in [0.15, 0.2) is 0 Å². The van der Waals surface area contributed by atoms with E-state index in [0.717, 1.165) is 12.8 Å². The van der Waals surface area contributed by atoms with Gasteiger partial charge in [-0.3, -0.25) is 0 Å². The Labute approximate surface area is 110 Å². The molecule has 0 aromatic rings. The van der Waals surface area contributed by atoms with Crippen molar-refractivity contribution in [2.45, 2.75) is 71.2 Å². The second kappa shape index (κ2) is 4.46. The smallest absolute Gasteiger partial charge is 0.0881 e. The number of aliphatic hydroxyl groups is 3. The highest BCUT2D eigenvalue weighted by Crippen LogP contribution is 2.57. The van der Waals surface area contributed by atoms with Crippen LogP contribution in [0.3, 0.4) is 0 Å². The van der Waals surface area contributed by atoms with E-state index in [1.165, 1.54) is 0 Å². The Kier molecular flexibility index (Phi) is 3.54. The van der Waals surface area contributed by atoms with Gasteiger partial charge in [-0.2, -0.15) is 0 Å². The van der Waals surface area contributed by atoms with Crippen LogP contribution in [0.5, 0.6) is 0 Å². The lowest BCUT2D eigenvalue weighted by Gasteiger charge is -2.42. The topological polar surface area (TPSA) is 60.7 Å². The zero-order chi connectivity index (χ0) is 13.7. The maximum absolute atomic E-state index is 10.6. The first kappa shape index (κ1) is 14.3. The Morgan fingerprint density at radius 3 is 2.22 bits per heavy atom. The molecule has 0 aromatic carbocycles. The van der Waals surface area contributed by atoms with Crippen LogP contribution in [0.25, 0.3) is 0 Å². The first-order valence-corrected chi connectivity index (χ1v) is 7.28. The van der Waals surface area contributed by atoms with Crippen molar-refractivity contribution >= 4 is 0 Å². The van der Waals surface area contributed by atoms with E-state index in [9.17, 15) is 15.3 Å². The molecule has 2 saturated carbocycles. The quantitative estimate of drug-likeness (QED) is 0.672. The number of rotatable bonds is 1. The van der Waals surface area contributed by atoms with Gasteiger partial charge in [0.15, 0.2) is 0 Å². The molecule has 2 fully saturated rings. The fraction of sp³-hybridized carbons (Fsp3) is 1.00. The standard InChI is InChI=1S/C15H28O3/c1-9(2)10-5-7-14(3)11(16)6-8-15(4,18)13(17)12(10)14/h9-13,16-18H,5-8H2,1-4H3/t10-,11+,12+,13+,14-,15-/m0/s1. The molecule has 2 rings (SSSR count). The van der Waals surface area contributed by atoms with Crippen molar-refractivity contribution in [1.29, 1.82) is 0 Å². The van der Waals surface area contributed by atoms with Crippen LogP contribution in [0.1, 0.15) is 53.4 Å². The van der Waals surface area contributed by atoms with Crippen molar-refractivity contribution in [3.8, 4) is 0 Å². The molecule has 6 atom stereocenters. The maximum atomic E-state index is 10.6. The molecule has 3 N–H and O–H groups in total.